The van der Waals surface area contributed by atoms with E-state index in [9.17, 15) is 19.2 Å². The molecular formula is C31H29N9O6. The van der Waals surface area contributed by atoms with E-state index in [1.807, 2.05) is 60.7 Å². The largest absolute Gasteiger partial charge is 0.456 e. The number of nitrogens with zero attached hydrogens (tertiary/aromatic N) is 3. The molecule has 0 atom stereocenters. The number of aromatic amines is 1. The van der Waals surface area contributed by atoms with Crippen LogP contribution in [0.1, 0.15) is 32.1 Å². The number of aromatic nitrogens is 4. The minimum absolute atomic E-state index is 0.0790. The van der Waals surface area contributed by atoms with Crippen LogP contribution in [0.15, 0.2) is 102 Å². The Morgan fingerprint density at radius 1 is 0.696 bits per heavy atom. The van der Waals surface area contributed by atoms with Crippen molar-refractivity contribution in [1.82, 2.24) is 19.9 Å². The van der Waals surface area contributed by atoms with Gasteiger partial charge < -0.3 is 32.0 Å². The van der Waals surface area contributed by atoms with Gasteiger partial charge in [0.2, 0.25) is 5.95 Å². The van der Waals surface area contributed by atoms with Crippen molar-refractivity contribution in [3.05, 3.63) is 130 Å². The van der Waals surface area contributed by atoms with Crippen molar-refractivity contribution >= 4 is 46.8 Å². The van der Waals surface area contributed by atoms with Gasteiger partial charge in [0.25, 0.3) is 5.56 Å². The number of hydrogen-bond donors (Lipinski definition) is 6. The molecule has 3 heterocycles. The monoisotopic (exact) mass is 623 g/mol. The minimum atomic E-state index is -0.755. The van der Waals surface area contributed by atoms with Crippen molar-refractivity contribution in [2.75, 3.05) is 27.8 Å². The van der Waals surface area contributed by atoms with Gasteiger partial charge in [-0.25, -0.2) is 24.4 Å². The van der Waals surface area contributed by atoms with Crippen LogP contribution in [0, 0.1) is 0 Å². The van der Waals surface area contributed by atoms with E-state index < -0.39 is 23.5 Å². The molecule has 15 nitrogen and oxygen atoms in total. The highest BCUT2D eigenvalue weighted by Gasteiger charge is 2.13. The average molecular weight is 624 g/mol. The third-order valence-electron chi connectivity index (χ3n) is 5.86. The Kier molecular flexibility index (Phi) is 10.9. The lowest BCUT2D eigenvalue weighted by Crippen LogP contribution is -2.26. The number of amides is 2. The van der Waals surface area contributed by atoms with Gasteiger partial charge in [-0.15, -0.1) is 0 Å². The number of anilines is 5. The molecule has 5 aromatic rings. The van der Waals surface area contributed by atoms with Crippen LogP contribution in [0.25, 0.3) is 0 Å². The summed E-state index contributed by atoms with van der Waals surface area (Å²) in [5, 5.41) is 4.73. The van der Waals surface area contributed by atoms with E-state index >= 15 is 0 Å². The maximum atomic E-state index is 12.0. The second-order valence-electron chi connectivity index (χ2n) is 9.32. The molecule has 2 amide bonds. The number of H-pyrrole nitrogens is 1. The molecule has 234 valence electrons. The van der Waals surface area contributed by atoms with Gasteiger partial charge in [-0.3, -0.25) is 15.1 Å². The quantitative estimate of drug-likeness (QED) is 0.136. The molecule has 0 saturated carbocycles. The number of pyridine rings is 2. The number of nitrogen functional groups attached to an aromatic ring is 3. The van der Waals surface area contributed by atoms with E-state index in [4.69, 9.17) is 26.7 Å². The molecule has 9 N–H and O–H groups in total. The van der Waals surface area contributed by atoms with Crippen molar-refractivity contribution in [2.24, 2.45) is 0 Å². The van der Waals surface area contributed by atoms with E-state index in [0.717, 1.165) is 11.1 Å². The van der Waals surface area contributed by atoms with Crippen LogP contribution in [-0.4, -0.2) is 37.9 Å². The number of hydrogen-bond acceptors (Lipinski definition) is 12. The lowest BCUT2D eigenvalue weighted by atomic mass is 10.2. The first-order chi connectivity index (χ1) is 22.2. The zero-order chi connectivity index (χ0) is 32.9. The topological polar surface area (TPSA) is 243 Å². The van der Waals surface area contributed by atoms with E-state index in [1.165, 1.54) is 24.5 Å². The molecule has 0 saturated heterocycles. The highest BCUT2D eigenvalue weighted by molar-refractivity contribution is 6.01. The molecule has 0 radical (unpaired) electrons. The number of benzene rings is 2. The number of carbonyl (C=O) groups is 3. The van der Waals surface area contributed by atoms with E-state index in [2.05, 4.69) is 30.6 Å². The van der Waals surface area contributed by atoms with Gasteiger partial charge >= 0.3 is 18.0 Å². The Morgan fingerprint density at radius 3 is 1.72 bits per heavy atom. The molecule has 0 unspecified atom stereocenters. The third kappa shape index (κ3) is 9.63. The molecule has 0 spiro atoms. The number of urea groups is 1. The van der Waals surface area contributed by atoms with E-state index in [1.54, 1.807) is 12.1 Å². The third-order valence-corrected chi connectivity index (χ3v) is 5.86. The Hall–Kier alpha value is -6.77. The average Bonchev–Trinajstić information content (AvgIpc) is 3.06. The zero-order valence-corrected chi connectivity index (χ0v) is 24.2. The van der Waals surface area contributed by atoms with Crippen molar-refractivity contribution in [3.8, 4) is 0 Å². The van der Waals surface area contributed by atoms with Crippen LogP contribution in [0.4, 0.5) is 33.6 Å². The summed E-state index contributed by atoms with van der Waals surface area (Å²) in [6.45, 7) is 0.362. The Bertz CT molecular complexity index is 1830. The van der Waals surface area contributed by atoms with Gasteiger partial charge in [-0.2, -0.15) is 4.98 Å². The predicted molar refractivity (Wildman–Crippen MR) is 170 cm³/mol. The van der Waals surface area contributed by atoms with Crippen molar-refractivity contribution in [1.29, 1.82) is 0 Å². The highest BCUT2D eigenvalue weighted by atomic mass is 16.5. The predicted octanol–water partition coefficient (Wildman–Crippen LogP) is 3.35. The molecule has 2 aromatic carbocycles. The van der Waals surface area contributed by atoms with E-state index in [0.29, 0.717) is 5.69 Å². The maximum absolute atomic E-state index is 12.0. The van der Waals surface area contributed by atoms with Crippen molar-refractivity contribution in [2.45, 2.75) is 13.2 Å². The summed E-state index contributed by atoms with van der Waals surface area (Å²) in [6, 6.07) is 24.0. The van der Waals surface area contributed by atoms with Gasteiger partial charge in [-0.1, -0.05) is 60.7 Å². The molecule has 46 heavy (non-hydrogen) atoms. The Morgan fingerprint density at radius 2 is 1.24 bits per heavy atom. The number of carbonyl (C=O) groups excluding carboxylic acids is 3. The van der Waals surface area contributed by atoms with Crippen molar-refractivity contribution < 1.29 is 23.9 Å². The molecule has 15 heteroatoms. The molecule has 0 aliphatic heterocycles. The highest BCUT2D eigenvalue weighted by Crippen LogP contribution is 2.13. The fraction of sp³-hybridized carbons (Fsp3) is 0.0645. The number of ether oxygens (including phenoxy) is 2. The maximum Gasteiger partial charge on any atom is 0.357 e. The molecule has 0 aliphatic rings. The zero-order valence-electron chi connectivity index (χ0n) is 24.2. The minimum Gasteiger partial charge on any atom is -0.456 e. The van der Waals surface area contributed by atoms with Crippen LogP contribution in [0.2, 0.25) is 0 Å². The normalized spacial score (nSPS) is 10.1. The van der Waals surface area contributed by atoms with Gasteiger partial charge in [0.1, 0.15) is 24.6 Å². The lowest BCUT2D eigenvalue weighted by molar-refractivity contribution is 0.0457. The summed E-state index contributed by atoms with van der Waals surface area (Å²) >= 11 is 0. The summed E-state index contributed by atoms with van der Waals surface area (Å²) in [5.74, 6) is -1.45. The smallest absolute Gasteiger partial charge is 0.357 e. The van der Waals surface area contributed by atoms with Crippen LogP contribution >= 0.6 is 0 Å². The number of esters is 2. The molecule has 0 aliphatic carbocycles. The molecule has 0 bridgehead atoms. The summed E-state index contributed by atoms with van der Waals surface area (Å²) in [5.41, 5.74) is 18.4. The fourth-order valence-electron chi connectivity index (χ4n) is 3.61. The standard InChI is InChI=1S/C18H17N7O4.C13H12N2O2/c19-14-13(15(26)25-17(20)24-14)23-18(28)22-11-6-7-12(21-8-11)16(27)29-9-10-4-2-1-3-5-10;14-11-6-7-12(15-8-11)13(16)17-9-10-4-2-1-3-5-10/h1-8H,9H2,(H2,22,23,28)(H5,19,20,24,25,26);1-8H,9,14H2. The summed E-state index contributed by atoms with van der Waals surface area (Å²) in [4.78, 5) is 61.2. The second-order valence-corrected chi connectivity index (χ2v) is 9.32. The fourth-order valence-corrected chi connectivity index (χ4v) is 3.61. The first-order valence-corrected chi connectivity index (χ1v) is 13.5. The SMILES string of the molecule is Nc1ccc(C(=O)OCc2ccccc2)nc1.Nc1nc(N)c(NC(=O)Nc2ccc(C(=O)OCc3ccccc3)nc2)c(=O)[nH]1. The summed E-state index contributed by atoms with van der Waals surface area (Å²) in [6.07, 6.45) is 2.70. The summed E-state index contributed by atoms with van der Waals surface area (Å²) < 4.78 is 10.3. The van der Waals surface area contributed by atoms with Crippen molar-refractivity contribution in [3.63, 3.8) is 0 Å². The number of nitrogens with two attached hydrogens (primary N) is 3. The second kappa shape index (κ2) is 15.6. The first kappa shape index (κ1) is 32.2. The summed E-state index contributed by atoms with van der Waals surface area (Å²) in [7, 11) is 0. The van der Waals surface area contributed by atoms with Gasteiger partial charge in [-0.05, 0) is 35.4 Å². The Balaban J connectivity index is 0.000000240. The van der Waals surface area contributed by atoms with Gasteiger partial charge in [0, 0.05) is 0 Å². The van der Waals surface area contributed by atoms with E-state index in [-0.39, 0.29) is 47.7 Å². The molecule has 5 rings (SSSR count). The lowest BCUT2D eigenvalue weighted by Gasteiger charge is -2.09. The van der Waals surface area contributed by atoms with Gasteiger partial charge in [0.05, 0.1) is 23.8 Å². The number of rotatable bonds is 8. The first-order valence-electron chi connectivity index (χ1n) is 13.5. The van der Waals surface area contributed by atoms with Crippen LogP contribution in [0.3, 0.4) is 0 Å². The van der Waals surface area contributed by atoms with Crippen LogP contribution in [-0.2, 0) is 22.7 Å². The van der Waals surface area contributed by atoms with Crippen LogP contribution < -0.4 is 33.4 Å². The number of nitrogens with one attached hydrogen (secondary N) is 3. The molecular weight excluding hydrogens is 594 g/mol. The van der Waals surface area contributed by atoms with Crippen LogP contribution in [0.5, 0.6) is 0 Å². The molecule has 3 aromatic heterocycles. The molecule has 0 fully saturated rings. The van der Waals surface area contributed by atoms with Gasteiger partial charge in [0.15, 0.2) is 11.5 Å². The Labute approximate surface area is 261 Å².